The van der Waals surface area contributed by atoms with Crippen LogP contribution in [0, 0.1) is 0 Å². The minimum absolute atomic E-state index is 0.267. The number of aliphatic carboxylic acids is 1. The predicted octanol–water partition coefficient (Wildman–Crippen LogP) is 1.57. The Labute approximate surface area is 102 Å². The van der Waals surface area contributed by atoms with Crippen LogP contribution in [-0.2, 0) is 9.53 Å². The maximum atomic E-state index is 10.7. The molecule has 1 atom stereocenters. The predicted molar refractivity (Wildman–Crippen MR) is 63.0 cm³/mol. The zero-order valence-corrected chi connectivity index (χ0v) is 11.0. The molecule has 0 aliphatic carbocycles. The highest BCUT2D eigenvalue weighted by molar-refractivity contribution is 6.29. The van der Waals surface area contributed by atoms with E-state index in [0.29, 0.717) is 19.6 Å². The number of hydrogen-bond donors (Lipinski definition) is 1. The lowest BCUT2D eigenvalue weighted by Gasteiger charge is -2.47. The van der Waals surface area contributed by atoms with Gasteiger partial charge in [-0.05, 0) is 27.7 Å². The number of nitrogens with zero attached hydrogens (tertiary/aromatic N) is 1. The Morgan fingerprint density at radius 1 is 1.38 bits per heavy atom. The monoisotopic (exact) mass is 249 g/mol. The third-order valence-electron chi connectivity index (χ3n) is 2.45. The summed E-state index contributed by atoms with van der Waals surface area (Å²) in [6.45, 7) is 9.78. The van der Waals surface area contributed by atoms with E-state index < -0.39 is 11.3 Å². The van der Waals surface area contributed by atoms with Gasteiger partial charge in [-0.15, -0.1) is 11.6 Å². The van der Waals surface area contributed by atoms with Gasteiger partial charge in [-0.1, -0.05) is 0 Å². The molecule has 1 heterocycles. The zero-order valence-electron chi connectivity index (χ0n) is 10.3. The molecule has 0 spiro atoms. The zero-order chi connectivity index (χ0) is 12.6. The second-order valence-corrected chi connectivity index (χ2v) is 6.12. The Morgan fingerprint density at radius 2 is 1.81 bits per heavy atom. The first-order valence-electron chi connectivity index (χ1n) is 5.41. The quantitative estimate of drug-likeness (QED) is 0.772. The topological polar surface area (TPSA) is 49.8 Å². The summed E-state index contributed by atoms with van der Waals surface area (Å²) in [5.74, 6) is -0.969. The van der Waals surface area contributed by atoms with Crippen molar-refractivity contribution in [1.82, 2.24) is 4.90 Å². The summed E-state index contributed by atoms with van der Waals surface area (Å²) in [7, 11) is 0. The Kier molecular flexibility index (Phi) is 3.87. The number of carbonyl (C=O) groups is 1. The van der Waals surface area contributed by atoms with Crippen molar-refractivity contribution in [3.8, 4) is 0 Å². The number of morpholine rings is 1. The molecule has 16 heavy (non-hydrogen) atoms. The summed E-state index contributed by atoms with van der Waals surface area (Å²) in [5, 5.41) is 7.93. The largest absolute Gasteiger partial charge is 0.480 e. The lowest BCUT2D eigenvalue weighted by molar-refractivity contribution is -0.181. The van der Waals surface area contributed by atoms with Crippen LogP contribution in [0.25, 0.3) is 0 Å². The van der Waals surface area contributed by atoms with E-state index in [0.717, 1.165) is 0 Å². The third kappa shape index (κ3) is 3.92. The number of ether oxygens (including phenoxy) is 1. The number of carboxylic acids is 1. The summed E-state index contributed by atoms with van der Waals surface area (Å²) in [6, 6.07) is 0. The maximum absolute atomic E-state index is 10.7. The first kappa shape index (κ1) is 13.7. The number of halogens is 1. The van der Waals surface area contributed by atoms with Crippen molar-refractivity contribution in [2.24, 2.45) is 0 Å². The van der Waals surface area contributed by atoms with Crippen LogP contribution >= 0.6 is 11.6 Å². The molecule has 94 valence electrons. The molecule has 1 rings (SSSR count). The second-order valence-electron chi connectivity index (χ2n) is 5.60. The molecule has 1 aliphatic rings. The SMILES string of the molecule is CC1(C)CN(CC(Cl)C(=O)O)CC(C)(C)O1. The molecule has 0 aromatic carbocycles. The molecule has 1 saturated heterocycles. The molecule has 5 heteroatoms. The van der Waals surface area contributed by atoms with Crippen molar-refractivity contribution >= 4 is 17.6 Å². The van der Waals surface area contributed by atoms with Crippen LogP contribution in [-0.4, -0.2) is 52.2 Å². The van der Waals surface area contributed by atoms with Crippen molar-refractivity contribution < 1.29 is 14.6 Å². The fourth-order valence-electron chi connectivity index (χ4n) is 2.38. The third-order valence-corrected chi connectivity index (χ3v) is 2.77. The molecule has 1 N–H and O–H groups in total. The van der Waals surface area contributed by atoms with Crippen LogP contribution in [0.2, 0.25) is 0 Å². The van der Waals surface area contributed by atoms with Crippen LogP contribution < -0.4 is 0 Å². The van der Waals surface area contributed by atoms with Gasteiger partial charge in [0.25, 0.3) is 0 Å². The highest BCUT2D eigenvalue weighted by Gasteiger charge is 2.38. The lowest BCUT2D eigenvalue weighted by Crippen LogP contribution is -2.58. The van der Waals surface area contributed by atoms with E-state index in [2.05, 4.69) is 4.90 Å². The van der Waals surface area contributed by atoms with Crippen LogP contribution in [0.1, 0.15) is 27.7 Å². The van der Waals surface area contributed by atoms with Crippen molar-refractivity contribution in [3.05, 3.63) is 0 Å². The van der Waals surface area contributed by atoms with E-state index in [1.807, 2.05) is 27.7 Å². The molecule has 0 aromatic rings. The Bertz CT molecular complexity index is 262. The van der Waals surface area contributed by atoms with Gasteiger partial charge in [-0.2, -0.15) is 0 Å². The van der Waals surface area contributed by atoms with Gasteiger partial charge in [0.05, 0.1) is 11.2 Å². The number of alkyl halides is 1. The second kappa shape index (κ2) is 4.51. The van der Waals surface area contributed by atoms with Gasteiger partial charge < -0.3 is 9.84 Å². The normalized spacial score (nSPS) is 26.3. The molecule has 4 nitrogen and oxygen atoms in total. The molecule has 0 saturated carbocycles. The summed E-state index contributed by atoms with van der Waals surface area (Å²) in [6.07, 6.45) is 0. The lowest BCUT2D eigenvalue weighted by atomic mass is 9.99. The van der Waals surface area contributed by atoms with Gasteiger partial charge >= 0.3 is 5.97 Å². The van der Waals surface area contributed by atoms with Gasteiger partial charge in [0.1, 0.15) is 5.38 Å². The Morgan fingerprint density at radius 3 is 2.19 bits per heavy atom. The minimum Gasteiger partial charge on any atom is -0.480 e. The van der Waals surface area contributed by atoms with Crippen LogP contribution in [0.4, 0.5) is 0 Å². The number of rotatable bonds is 3. The van der Waals surface area contributed by atoms with Crippen LogP contribution in [0.15, 0.2) is 0 Å². The highest BCUT2D eigenvalue weighted by atomic mass is 35.5. The first-order valence-corrected chi connectivity index (χ1v) is 5.84. The molecule has 0 aromatic heterocycles. The van der Waals surface area contributed by atoms with E-state index in [-0.39, 0.29) is 11.2 Å². The molecular formula is C11H20ClNO3. The standard InChI is InChI=1S/C11H20ClNO3/c1-10(2)6-13(5-8(12)9(14)15)7-11(3,4)16-10/h8H,5-7H2,1-4H3,(H,14,15). The van der Waals surface area contributed by atoms with Crippen LogP contribution in [0.5, 0.6) is 0 Å². The maximum Gasteiger partial charge on any atom is 0.322 e. The smallest absolute Gasteiger partial charge is 0.322 e. The van der Waals surface area contributed by atoms with Crippen molar-refractivity contribution in [1.29, 1.82) is 0 Å². The van der Waals surface area contributed by atoms with Gasteiger partial charge in [0, 0.05) is 19.6 Å². The number of carboxylic acid groups (broad SMARTS) is 1. The molecule has 0 radical (unpaired) electrons. The van der Waals surface area contributed by atoms with E-state index in [4.69, 9.17) is 21.4 Å². The average molecular weight is 250 g/mol. The van der Waals surface area contributed by atoms with Gasteiger partial charge in [-0.25, -0.2) is 0 Å². The summed E-state index contributed by atoms with van der Waals surface area (Å²) < 4.78 is 5.90. The first-order chi connectivity index (χ1) is 7.11. The van der Waals surface area contributed by atoms with E-state index in [1.165, 1.54) is 0 Å². The molecule has 1 fully saturated rings. The summed E-state index contributed by atoms with van der Waals surface area (Å²) in [5.41, 5.74) is -0.534. The Hall–Kier alpha value is -0.320. The van der Waals surface area contributed by atoms with Gasteiger partial charge in [0.15, 0.2) is 0 Å². The molecule has 1 aliphatic heterocycles. The Balaban J connectivity index is 2.64. The van der Waals surface area contributed by atoms with Gasteiger partial charge in [0.2, 0.25) is 0 Å². The summed E-state index contributed by atoms with van der Waals surface area (Å²) in [4.78, 5) is 12.8. The number of hydrogen-bond acceptors (Lipinski definition) is 3. The highest BCUT2D eigenvalue weighted by Crippen LogP contribution is 2.28. The minimum atomic E-state index is -0.969. The molecule has 0 bridgehead atoms. The van der Waals surface area contributed by atoms with Crippen molar-refractivity contribution in [2.75, 3.05) is 19.6 Å². The molecule has 1 unspecified atom stereocenters. The van der Waals surface area contributed by atoms with Crippen molar-refractivity contribution in [3.63, 3.8) is 0 Å². The fourth-order valence-corrected chi connectivity index (χ4v) is 2.57. The van der Waals surface area contributed by atoms with E-state index >= 15 is 0 Å². The van der Waals surface area contributed by atoms with E-state index in [9.17, 15) is 4.79 Å². The average Bonchev–Trinajstić information content (AvgIpc) is 1.96. The molecular weight excluding hydrogens is 230 g/mol. The summed E-state index contributed by atoms with van der Waals surface area (Å²) >= 11 is 5.75. The van der Waals surface area contributed by atoms with E-state index in [1.54, 1.807) is 0 Å². The fraction of sp³-hybridized carbons (Fsp3) is 0.909. The molecule has 0 amide bonds. The van der Waals surface area contributed by atoms with Crippen LogP contribution in [0.3, 0.4) is 0 Å². The van der Waals surface area contributed by atoms with Gasteiger partial charge in [-0.3, -0.25) is 9.69 Å². The van der Waals surface area contributed by atoms with Crippen molar-refractivity contribution in [2.45, 2.75) is 44.3 Å².